The average molecular weight is 486 g/mol. The molecule has 1 atom stereocenters. The Hall–Kier alpha value is -2.27. The molecule has 4 aromatic rings. The molecule has 1 aliphatic heterocycles. The lowest BCUT2D eigenvalue weighted by Gasteiger charge is -2.20. The monoisotopic (exact) mass is 485 g/mol. The van der Waals surface area contributed by atoms with Gasteiger partial charge < -0.3 is 4.57 Å². The summed E-state index contributed by atoms with van der Waals surface area (Å²) in [6.45, 7) is 2.82. The number of hydrazone groups is 1. The summed E-state index contributed by atoms with van der Waals surface area (Å²) in [5.41, 5.74) is 0.975. The molecule has 0 N–H and O–H groups in total. The van der Waals surface area contributed by atoms with E-state index in [0.29, 0.717) is 0 Å². The third-order valence-corrected chi connectivity index (χ3v) is 8.65. The van der Waals surface area contributed by atoms with Gasteiger partial charge in [-0.3, -0.25) is 4.79 Å². The number of thioether (sulfide) groups is 1. The van der Waals surface area contributed by atoms with Crippen LogP contribution in [0.1, 0.15) is 29.1 Å². The highest BCUT2D eigenvalue weighted by Gasteiger charge is 2.34. The van der Waals surface area contributed by atoms with Crippen LogP contribution < -0.4 is 0 Å². The van der Waals surface area contributed by atoms with Gasteiger partial charge in [0, 0.05) is 17.8 Å². The second kappa shape index (κ2) is 9.07. The summed E-state index contributed by atoms with van der Waals surface area (Å²) in [5.74, 6) is 1.10. The number of aromatic nitrogens is 3. The van der Waals surface area contributed by atoms with Crippen molar-refractivity contribution in [1.82, 2.24) is 19.8 Å². The van der Waals surface area contributed by atoms with Crippen LogP contribution in [0.5, 0.6) is 0 Å². The van der Waals surface area contributed by atoms with Gasteiger partial charge in [0.15, 0.2) is 11.0 Å². The minimum atomic E-state index is -0.0454. The van der Waals surface area contributed by atoms with Crippen molar-refractivity contribution in [2.24, 2.45) is 5.10 Å². The van der Waals surface area contributed by atoms with Crippen LogP contribution in [0.25, 0.3) is 10.7 Å². The molecule has 0 aliphatic carbocycles. The molecule has 6 nitrogen and oxygen atoms in total. The molecule has 10 heteroatoms. The van der Waals surface area contributed by atoms with Crippen LogP contribution >= 0.6 is 45.8 Å². The normalized spacial score (nSPS) is 16.1. The lowest BCUT2D eigenvalue weighted by atomic mass is 10.1. The molecule has 0 saturated carbocycles. The molecule has 0 spiro atoms. The Bertz CT molecular complexity index is 1180. The standard InChI is InChI=1S/C21H19N5OS4/c1-2-25-20(18-8-5-11-30-18)22-23-21(25)31-13-19(27)26-15(17-7-4-10-29-17)12-14(24-26)16-6-3-9-28-16/h3-11,15H,2,12-13H2,1H3. The smallest absolute Gasteiger partial charge is 0.253 e. The first-order valence-corrected chi connectivity index (χ1v) is 13.4. The lowest BCUT2D eigenvalue weighted by molar-refractivity contribution is -0.130. The molecule has 0 fully saturated rings. The number of hydrogen-bond acceptors (Lipinski definition) is 8. The quantitative estimate of drug-likeness (QED) is 0.319. The summed E-state index contributed by atoms with van der Waals surface area (Å²) in [4.78, 5) is 16.6. The number of amides is 1. The number of hydrogen-bond donors (Lipinski definition) is 0. The van der Waals surface area contributed by atoms with Crippen molar-refractivity contribution >= 4 is 57.4 Å². The Morgan fingerprint density at radius 1 is 1.06 bits per heavy atom. The minimum absolute atomic E-state index is 0.0155. The molecule has 31 heavy (non-hydrogen) atoms. The van der Waals surface area contributed by atoms with Crippen molar-refractivity contribution in [2.75, 3.05) is 5.75 Å². The van der Waals surface area contributed by atoms with Crippen molar-refractivity contribution in [3.05, 3.63) is 62.3 Å². The second-order valence-electron chi connectivity index (χ2n) is 6.81. The minimum Gasteiger partial charge on any atom is -0.302 e. The van der Waals surface area contributed by atoms with Crippen LogP contribution in [0.2, 0.25) is 0 Å². The summed E-state index contributed by atoms with van der Waals surface area (Å²) in [6.07, 6.45) is 0.741. The third-order valence-electron chi connectivity index (χ3n) is 4.94. The summed E-state index contributed by atoms with van der Waals surface area (Å²) in [6, 6.07) is 12.2. The van der Waals surface area contributed by atoms with E-state index in [1.165, 1.54) is 11.8 Å². The van der Waals surface area contributed by atoms with Gasteiger partial charge in [0.25, 0.3) is 5.91 Å². The fourth-order valence-electron chi connectivity index (χ4n) is 3.50. The number of rotatable bonds is 7. The van der Waals surface area contributed by atoms with Crippen LogP contribution in [0.15, 0.2) is 62.8 Å². The van der Waals surface area contributed by atoms with Crippen LogP contribution in [0.4, 0.5) is 0 Å². The molecule has 1 amide bonds. The van der Waals surface area contributed by atoms with E-state index in [0.717, 1.165) is 44.3 Å². The van der Waals surface area contributed by atoms with Crippen LogP contribution in [0, 0.1) is 0 Å². The summed E-state index contributed by atoms with van der Waals surface area (Å²) < 4.78 is 2.06. The largest absolute Gasteiger partial charge is 0.302 e. The van der Waals surface area contributed by atoms with Crippen LogP contribution in [0.3, 0.4) is 0 Å². The Morgan fingerprint density at radius 2 is 1.81 bits per heavy atom. The van der Waals surface area contributed by atoms with E-state index in [1.54, 1.807) is 39.0 Å². The van der Waals surface area contributed by atoms with Gasteiger partial charge in [-0.25, -0.2) is 5.01 Å². The molecule has 4 aromatic heterocycles. The van der Waals surface area contributed by atoms with E-state index >= 15 is 0 Å². The van der Waals surface area contributed by atoms with Gasteiger partial charge in [-0.2, -0.15) is 5.10 Å². The Labute approximate surface area is 196 Å². The predicted molar refractivity (Wildman–Crippen MR) is 129 cm³/mol. The fourth-order valence-corrected chi connectivity index (χ4v) is 6.60. The van der Waals surface area contributed by atoms with Gasteiger partial charge in [-0.15, -0.1) is 44.2 Å². The summed E-state index contributed by atoms with van der Waals surface area (Å²) in [5, 5.41) is 22.0. The molecular formula is C21H19N5OS4. The summed E-state index contributed by atoms with van der Waals surface area (Å²) >= 11 is 6.39. The molecule has 1 unspecified atom stereocenters. The lowest BCUT2D eigenvalue weighted by Crippen LogP contribution is -2.28. The molecule has 0 bridgehead atoms. The molecule has 5 heterocycles. The van der Waals surface area contributed by atoms with Gasteiger partial charge in [0.05, 0.1) is 27.3 Å². The van der Waals surface area contributed by atoms with Crippen molar-refractivity contribution in [3.63, 3.8) is 0 Å². The van der Waals surface area contributed by atoms with Crippen molar-refractivity contribution in [2.45, 2.75) is 31.1 Å². The summed E-state index contributed by atoms with van der Waals surface area (Å²) in [7, 11) is 0. The van der Waals surface area contributed by atoms with Gasteiger partial charge in [0.1, 0.15) is 0 Å². The van der Waals surface area contributed by atoms with Crippen LogP contribution in [-0.4, -0.2) is 37.1 Å². The molecule has 0 aromatic carbocycles. The maximum atomic E-state index is 13.2. The van der Waals surface area contributed by atoms with Gasteiger partial charge in [-0.05, 0) is 41.3 Å². The SMILES string of the molecule is CCn1c(SCC(=O)N2N=C(c3cccs3)CC2c2cccs2)nnc1-c1cccs1. The first kappa shape index (κ1) is 20.6. The molecule has 158 valence electrons. The predicted octanol–water partition coefficient (Wildman–Crippen LogP) is 5.62. The first-order chi connectivity index (χ1) is 15.2. The number of carbonyl (C=O) groups is 1. The molecule has 0 radical (unpaired) electrons. The topological polar surface area (TPSA) is 63.4 Å². The van der Waals surface area contributed by atoms with E-state index < -0.39 is 0 Å². The number of carbonyl (C=O) groups excluding carboxylic acids is 1. The third kappa shape index (κ3) is 4.12. The van der Waals surface area contributed by atoms with E-state index in [1.807, 2.05) is 40.4 Å². The van der Waals surface area contributed by atoms with Gasteiger partial charge >= 0.3 is 0 Å². The highest BCUT2D eigenvalue weighted by Crippen LogP contribution is 2.36. The molecule has 5 rings (SSSR count). The van der Waals surface area contributed by atoms with Crippen molar-refractivity contribution < 1.29 is 4.79 Å². The van der Waals surface area contributed by atoms with Gasteiger partial charge in [0.2, 0.25) is 0 Å². The van der Waals surface area contributed by atoms with Gasteiger partial charge in [-0.1, -0.05) is 30.0 Å². The number of thiophene rings is 3. The van der Waals surface area contributed by atoms with E-state index in [4.69, 9.17) is 5.10 Å². The maximum Gasteiger partial charge on any atom is 0.253 e. The number of nitrogens with zero attached hydrogens (tertiary/aromatic N) is 5. The Balaban J connectivity index is 1.35. The van der Waals surface area contributed by atoms with Crippen molar-refractivity contribution in [1.29, 1.82) is 0 Å². The molecule has 0 saturated heterocycles. The van der Waals surface area contributed by atoms with Crippen LogP contribution in [-0.2, 0) is 11.3 Å². The van der Waals surface area contributed by atoms with Crippen molar-refractivity contribution in [3.8, 4) is 10.7 Å². The second-order valence-corrected chi connectivity index (χ2v) is 10.6. The van der Waals surface area contributed by atoms with E-state index in [-0.39, 0.29) is 17.7 Å². The van der Waals surface area contributed by atoms with E-state index in [9.17, 15) is 4.79 Å². The Kier molecular flexibility index (Phi) is 6.04. The zero-order valence-electron chi connectivity index (χ0n) is 16.7. The molecule has 1 aliphatic rings. The molecular weight excluding hydrogens is 467 g/mol. The average Bonchev–Trinajstić information content (AvgIpc) is 3.62. The highest BCUT2D eigenvalue weighted by molar-refractivity contribution is 7.99. The first-order valence-electron chi connectivity index (χ1n) is 9.81. The Morgan fingerprint density at radius 3 is 2.48 bits per heavy atom. The zero-order chi connectivity index (χ0) is 21.2. The zero-order valence-corrected chi connectivity index (χ0v) is 19.9. The maximum absolute atomic E-state index is 13.2. The fraction of sp³-hybridized carbons (Fsp3) is 0.238. The van der Waals surface area contributed by atoms with E-state index in [2.05, 4.69) is 33.8 Å². The highest BCUT2D eigenvalue weighted by atomic mass is 32.2.